The first-order valence-corrected chi connectivity index (χ1v) is 14.7. The average Bonchev–Trinajstić information content (AvgIpc) is 3.26. The zero-order valence-corrected chi connectivity index (χ0v) is 22.6. The lowest BCUT2D eigenvalue weighted by molar-refractivity contribution is 0.0997. The molecule has 37 heavy (non-hydrogen) atoms. The maximum atomic E-state index is 13.2. The van der Waals surface area contributed by atoms with Gasteiger partial charge in [-0.2, -0.15) is 4.31 Å². The number of benzene rings is 1. The number of rotatable bonds is 7. The Balaban J connectivity index is 1.53. The summed E-state index contributed by atoms with van der Waals surface area (Å²) in [6.45, 7) is 5.12. The summed E-state index contributed by atoms with van der Waals surface area (Å²) in [6, 6.07) is 5.80. The van der Waals surface area contributed by atoms with Crippen LogP contribution >= 0.6 is 11.3 Å². The highest BCUT2D eigenvalue weighted by Gasteiger charge is 2.33. The van der Waals surface area contributed by atoms with Gasteiger partial charge in [0.2, 0.25) is 10.0 Å². The molecule has 1 aromatic carbocycles. The van der Waals surface area contributed by atoms with Crippen molar-refractivity contribution in [3.8, 4) is 0 Å². The Kier molecular flexibility index (Phi) is 8.20. The maximum absolute atomic E-state index is 13.2. The molecule has 10 nitrogen and oxygen atoms in total. The minimum absolute atomic E-state index is 0.0152. The molecule has 2 aromatic rings. The number of carbonyl (C=O) groups excluding carboxylic acids is 3. The molecule has 1 aromatic heterocycles. The number of nitrogens with two attached hydrogens (primary N) is 1. The topological polar surface area (TPSA) is 139 Å². The van der Waals surface area contributed by atoms with E-state index in [0.717, 1.165) is 36.1 Å². The van der Waals surface area contributed by atoms with Crippen LogP contribution in [-0.4, -0.2) is 61.3 Å². The number of thiophene rings is 1. The third kappa shape index (κ3) is 5.51. The summed E-state index contributed by atoms with van der Waals surface area (Å²) in [7, 11) is -3.66. The summed E-state index contributed by atoms with van der Waals surface area (Å²) in [6.07, 6.45) is 3.44. The smallest absolute Gasteiger partial charge is 0.410 e. The van der Waals surface area contributed by atoms with E-state index in [1.807, 2.05) is 6.92 Å². The molecule has 1 saturated heterocycles. The van der Waals surface area contributed by atoms with Gasteiger partial charge in [-0.25, -0.2) is 13.2 Å². The molecule has 0 aliphatic carbocycles. The molecule has 12 heteroatoms. The first-order chi connectivity index (χ1) is 17.7. The zero-order chi connectivity index (χ0) is 26.7. The van der Waals surface area contributed by atoms with Crippen molar-refractivity contribution < 1.29 is 27.5 Å². The third-order valence-corrected chi connectivity index (χ3v) is 9.92. The van der Waals surface area contributed by atoms with Gasteiger partial charge in [0.1, 0.15) is 5.00 Å². The van der Waals surface area contributed by atoms with Gasteiger partial charge < -0.3 is 20.7 Å². The van der Waals surface area contributed by atoms with Gasteiger partial charge in [-0.15, -0.1) is 11.3 Å². The van der Waals surface area contributed by atoms with Crippen LogP contribution < -0.4 is 11.1 Å². The van der Waals surface area contributed by atoms with Crippen molar-refractivity contribution in [3.63, 3.8) is 0 Å². The first-order valence-electron chi connectivity index (χ1n) is 12.5. The Morgan fingerprint density at radius 1 is 1.14 bits per heavy atom. The standard InChI is InChI=1S/C25H32N4O6S2/c1-3-17-7-5-6-13-29(17)37(33,34)18-10-8-16(9-11-18)23(31)27-24-21(22(26)30)19-12-14-28(15-20(19)36-24)25(32)35-4-2/h8-11,17H,3-7,12-15H2,1-2H3,(H2,26,30)(H,27,31). The van der Waals surface area contributed by atoms with Gasteiger partial charge in [-0.05, 0) is 62.4 Å². The number of piperidine rings is 1. The summed E-state index contributed by atoms with van der Waals surface area (Å²) >= 11 is 1.20. The summed E-state index contributed by atoms with van der Waals surface area (Å²) in [5, 5.41) is 3.07. The fourth-order valence-corrected chi connectivity index (χ4v) is 7.94. The fourth-order valence-electron chi connectivity index (χ4n) is 4.91. The Bertz CT molecular complexity index is 1290. The van der Waals surface area contributed by atoms with Crippen LogP contribution in [0, 0.1) is 0 Å². The van der Waals surface area contributed by atoms with Crippen molar-refractivity contribution in [2.75, 3.05) is 25.0 Å². The second kappa shape index (κ2) is 11.2. The Morgan fingerprint density at radius 3 is 2.51 bits per heavy atom. The number of nitrogens with one attached hydrogen (secondary N) is 1. The lowest BCUT2D eigenvalue weighted by Gasteiger charge is -2.34. The van der Waals surface area contributed by atoms with Gasteiger partial charge in [0.15, 0.2) is 0 Å². The monoisotopic (exact) mass is 548 g/mol. The molecule has 4 rings (SSSR count). The van der Waals surface area contributed by atoms with Crippen LogP contribution in [0.3, 0.4) is 0 Å². The molecule has 2 aliphatic rings. The van der Waals surface area contributed by atoms with Gasteiger partial charge in [0, 0.05) is 29.6 Å². The van der Waals surface area contributed by atoms with Crippen LogP contribution in [0.1, 0.15) is 70.7 Å². The summed E-state index contributed by atoms with van der Waals surface area (Å²) in [5.74, 6) is -1.15. The fraction of sp³-hybridized carbons (Fsp3) is 0.480. The summed E-state index contributed by atoms with van der Waals surface area (Å²) in [5.41, 5.74) is 6.86. The van der Waals surface area contributed by atoms with Crippen LogP contribution in [0.5, 0.6) is 0 Å². The Labute approximate surface area is 220 Å². The highest BCUT2D eigenvalue weighted by Crippen LogP contribution is 2.37. The van der Waals surface area contributed by atoms with E-state index in [2.05, 4.69) is 5.32 Å². The second-order valence-corrected chi connectivity index (χ2v) is 12.1. The van der Waals surface area contributed by atoms with Crippen molar-refractivity contribution in [3.05, 3.63) is 45.8 Å². The van der Waals surface area contributed by atoms with E-state index >= 15 is 0 Å². The minimum atomic E-state index is -3.66. The van der Waals surface area contributed by atoms with Crippen LogP contribution in [0.25, 0.3) is 0 Å². The number of fused-ring (bicyclic) bond motifs is 1. The van der Waals surface area contributed by atoms with Crippen LogP contribution in [0.15, 0.2) is 29.2 Å². The van der Waals surface area contributed by atoms with Crippen molar-refractivity contribution in [2.45, 2.75) is 63.4 Å². The molecule has 3 N–H and O–H groups in total. The number of hydrogen-bond donors (Lipinski definition) is 2. The normalized spacial score (nSPS) is 18.2. The van der Waals surface area contributed by atoms with E-state index in [-0.39, 0.29) is 35.2 Å². The molecule has 200 valence electrons. The van der Waals surface area contributed by atoms with Gasteiger partial charge >= 0.3 is 6.09 Å². The average molecular weight is 549 g/mol. The second-order valence-electron chi connectivity index (χ2n) is 9.09. The number of anilines is 1. The van der Waals surface area contributed by atoms with Gasteiger partial charge in [-0.1, -0.05) is 13.3 Å². The molecule has 1 atom stereocenters. The molecule has 0 spiro atoms. The molecule has 3 heterocycles. The summed E-state index contributed by atoms with van der Waals surface area (Å²) < 4.78 is 33.1. The van der Waals surface area contributed by atoms with E-state index in [4.69, 9.17) is 10.5 Å². The quantitative estimate of drug-likeness (QED) is 0.542. The lowest BCUT2D eigenvalue weighted by Crippen LogP contribution is -2.43. The van der Waals surface area contributed by atoms with E-state index in [0.29, 0.717) is 24.5 Å². The van der Waals surface area contributed by atoms with E-state index in [9.17, 15) is 22.8 Å². The minimum Gasteiger partial charge on any atom is -0.450 e. The van der Waals surface area contributed by atoms with Crippen molar-refractivity contribution >= 4 is 44.3 Å². The Hall–Kier alpha value is -2.96. The number of ether oxygens (including phenoxy) is 1. The molecule has 2 aliphatic heterocycles. The maximum Gasteiger partial charge on any atom is 0.410 e. The van der Waals surface area contributed by atoms with E-state index < -0.39 is 27.9 Å². The highest BCUT2D eigenvalue weighted by molar-refractivity contribution is 7.89. The number of primary amides is 1. The predicted molar refractivity (Wildman–Crippen MR) is 140 cm³/mol. The third-order valence-electron chi connectivity index (χ3n) is 6.82. The zero-order valence-electron chi connectivity index (χ0n) is 21.0. The van der Waals surface area contributed by atoms with Gasteiger partial charge in [0.05, 0.1) is 23.6 Å². The largest absolute Gasteiger partial charge is 0.450 e. The van der Waals surface area contributed by atoms with Crippen LogP contribution in [0.4, 0.5) is 9.80 Å². The van der Waals surface area contributed by atoms with Crippen LogP contribution in [0.2, 0.25) is 0 Å². The molecule has 1 fully saturated rings. The predicted octanol–water partition coefficient (Wildman–Crippen LogP) is 3.57. The molecule has 1 unspecified atom stereocenters. The number of sulfonamides is 1. The molecule has 0 radical (unpaired) electrons. The van der Waals surface area contributed by atoms with E-state index in [1.54, 1.807) is 16.1 Å². The van der Waals surface area contributed by atoms with Crippen molar-refractivity contribution in [2.24, 2.45) is 5.73 Å². The number of amides is 3. The first kappa shape index (κ1) is 27.1. The van der Waals surface area contributed by atoms with Crippen LogP contribution in [-0.2, 0) is 27.7 Å². The summed E-state index contributed by atoms with van der Waals surface area (Å²) in [4.78, 5) is 39.9. The van der Waals surface area contributed by atoms with Crippen molar-refractivity contribution in [1.82, 2.24) is 9.21 Å². The lowest BCUT2D eigenvalue weighted by atomic mass is 10.0. The molecule has 0 saturated carbocycles. The SMILES string of the molecule is CCOC(=O)N1CCc2c(sc(NC(=O)c3ccc(S(=O)(=O)N4CCCCC4CC)cc3)c2C(N)=O)C1. The molecular formula is C25H32N4O6S2. The molecule has 0 bridgehead atoms. The molecular weight excluding hydrogens is 516 g/mol. The van der Waals surface area contributed by atoms with Gasteiger partial charge in [-0.3, -0.25) is 9.59 Å². The Morgan fingerprint density at radius 2 is 1.86 bits per heavy atom. The number of carbonyl (C=O) groups is 3. The highest BCUT2D eigenvalue weighted by atomic mass is 32.2. The number of hydrogen-bond acceptors (Lipinski definition) is 7. The number of nitrogens with zero attached hydrogens (tertiary/aromatic N) is 2. The van der Waals surface area contributed by atoms with Crippen molar-refractivity contribution in [1.29, 1.82) is 0 Å². The van der Waals surface area contributed by atoms with Gasteiger partial charge in [0.25, 0.3) is 11.8 Å². The molecule has 3 amide bonds. The van der Waals surface area contributed by atoms with E-state index in [1.165, 1.54) is 35.6 Å².